The molecule has 1 aromatic rings. The molecule has 0 saturated carbocycles. The van der Waals surface area contributed by atoms with Crippen molar-refractivity contribution >= 4 is 56.2 Å². The first-order chi connectivity index (χ1) is 8.01. The van der Waals surface area contributed by atoms with Gasteiger partial charge in [0.15, 0.2) is 0 Å². The third-order valence-corrected chi connectivity index (χ3v) is 4.89. The number of carbonyl (C=O) groups excluding carboxylic acids is 1. The minimum Gasteiger partial charge on any atom is -0.409 e. The third-order valence-electron chi connectivity index (χ3n) is 2.22. The van der Waals surface area contributed by atoms with Gasteiger partial charge in [0.1, 0.15) is 5.75 Å². The molecule has 0 N–H and O–H groups in total. The Labute approximate surface area is 128 Å². The summed E-state index contributed by atoms with van der Waals surface area (Å²) in [6.07, 6.45) is -0.355. The Morgan fingerprint density at radius 3 is 2.59 bits per heavy atom. The van der Waals surface area contributed by atoms with Gasteiger partial charge in [-0.05, 0) is 64.5 Å². The van der Waals surface area contributed by atoms with Crippen LogP contribution in [-0.4, -0.2) is 24.1 Å². The molecule has 0 saturated heterocycles. The largest absolute Gasteiger partial charge is 0.415 e. The van der Waals surface area contributed by atoms with Crippen molar-refractivity contribution in [3.8, 4) is 5.75 Å². The van der Waals surface area contributed by atoms with Crippen LogP contribution in [0.25, 0.3) is 0 Å². The standard InChI is InChI=1S/C11H12BrClINO2/c1-3-15(4-2)11(16)17-8-6-5-7(12)9(13)10(8)14/h5-6H,3-4H2,1-2H3. The molecule has 0 aliphatic rings. The van der Waals surface area contributed by atoms with E-state index < -0.39 is 0 Å². The maximum atomic E-state index is 11.8. The van der Waals surface area contributed by atoms with Crippen LogP contribution < -0.4 is 4.74 Å². The number of carbonyl (C=O) groups is 1. The van der Waals surface area contributed by atoms with E-state index in [-0.39, 0.29) is 6.09 Å². The van der Waals surface area contributed by atoms with E-state index in [0.717, 1.165) is 8.04 Å². The van der Waals surface area contributed by atoms with Crippen LogP contribution in [0.2, 0.25) is 5.02 Å². The predicted octanol–water partition coefficient (Wildman–Crippen LogP) is 4.55. The highest BCUT2D eigenvalue weighted by Crippen LogP contribution is 2.34. The molecule has 1 rings (SSSR count). The second-order valence-corrected chi connectivity index (χ2v) is 5.52. The molecule has 0 atom stereocenters. The maximum Gasteiger partial charge on any atom is 0.415 e. The van der Waals surface area contributed by atoms with Gasteiger partial charge in [0.2, 0.25) is 0 Å². The van der Waals surface area contributed by atoms with E-state index >= 15 is 0 Å². The minimum atomic E-state index is -0.355. The van der Waals surface area contributed by atoms with E-state index in [0.29, 0.717) is 23.9 Å². The monoisotopic (exact) mass is 431 g/mol. The summed E-state index contributed by atoms with van der Waals surface area (Å²) in [6, 6.07) is 3.48. The predicted molar refractivity (Wildman–Crippen MR) is 80.8 cm³/mol. The molecular weight excluding hydrogens is 420 g/mol. The molecule has 0 radical (unpaired) electrons. The van der Waals surface area contributed by atoms with Crippen molar-refractivity contribution in [3.05, 3.63) is 25.2 Å². The summed E-state index contributed by atoms with van der Waals surface area (Å²) in [4.78, 5) is 13.4. The Balaban J connectivity index is 2.89. The zero-order chi connectivity index (χ0) is 13.0. The number of halogens is 3. The maximum absolute atomic E-state index is 11.8. The molecule has 0 unspecified atom stereocenters. The molecule has 0 aromatic heterocycles. The molecule has 6 heteroatoms. The van der Waals surface area contributed by atoms with Crippen LogP contribution in [0, 0.1) is 3.57 Å². The number of amides is 1. The summed E-state index contributed by atoms with van der Waals surface area (Å²) in [5.41, 5.74) is 0. The quantitative estimate of drug-likeness (QED) is 0.518. The molecule has 0 fully saturated rings. The van der Waals surface area contributed by atoms with Crippen LogP contribution >= 0.6 is 50.1 Å². The van der Waals surface area contributed by atoms with E-state index in [9.17, 15) is 4.79 Å². The average Bonchev–Trinajstić information content (AvgIpc) is 2.31. The van der Waals surface area contributed by atoms with Gasteiger partial charge < -0.3 is 9.64 Å². The van der Waals surface area contributed by atoms with Gasteiger partial charge in [0.25, 0.3) is 0 Å². The van der Waals surface area contributed by atoms with Crippen LogP contribution in [0.5, 0.6) is 5.75 Å². The van der Waals surface area contributed by atoms with Crippen molar-refractivity contribution in [2.75, 3.05) is 13.1 Å². The number of benzene rings is 1. The lowest BCUT2D eigenvalue weighted by Crippen LogP contribution is -2.33. The number of rotatable bonds is 3. The molecule has 17 heavy (non-hydrogen) atoms. The summed E-state index contributed by atoms with van der Waals surface area (Å²) in [6.45, 7) is 5.06. The van der Waals surface area contributed by atoms with E-state index in [4.69, 9.17) is 16.3 Å². The first-order valence-corrected chi connectivity index (χ1v) is 7.36. The normalized spacial score (nSPS) is 10.2. The van der Waals surface area contributed by atoms with E-state index in [1.165, 1.54) is 0 Å². The van der Waals surface area contributed by atoms with Crippen molar-refractivity contribution in [1.82, 2.24) is 4.90 Å². The molecule has 94 valence electrons. The van der Waals surface area contributed by atoms with Crippen LogP contribution in [0.1, 0.15) is 13.8 Å². The third kappa shape index (κ3) is 3.72. The van der Waals surface area contributed by atoms with Crippen LogP contribution in [0.3, 0.4) is 0 Å². The highest BCUT2D eigenvalue weighted by molar-refractivity contribution is 14.1. The first-order valence-electron chi connectivity index (χ1n) is 5.11. The molecule has 3 nitrogen and oxygen atoms in total. The molecule has 0 heterocycles. The number of nitrogens with zero attached hydrogens (tertiary/aromatic N) is 1. The molecule has 0 aliphatic carbocycles. The Bertz CT molecular complexity index is 424. The van der Waals surface area contributed by atoms with Crippen LogP contribution in [0.15, 0.2) is 16.6 Å². The van der Waals surface area contributed by atoms with Crippen molar-refractivity contribution in [3.63, 3.8) is 0 Å². The van der Waals surface area contributed by atoms with Crippen molar-refractivity contribution in [2.45, 2.75) is 13.8 Å². The van der Waals surface area contributed by atoms with Crippen LogP contribution in [-0.2, 0) is 0 Å². The lowest BCUT2D eigenvalue weighted by molar-refractivity contribution is 0.157. The van der Waals surface area contributed by atoms with Gasteiger partial charge in [0, 0.05) is 17.6 Å². The zero-order valence-corrected chi connectivity index (χ0v) is 14.0. The minimum absolute atomic E-state index is 0.355. The highest BCUT2D eigenvalue weighted by Gasteiger charge is 2.16. The van der Waals surface area contributed by atoms with Gasteiger partial charge in [0.05, 0.1) is 8.59 Å². The van der Waals surface area contributed by atoms with Gasteiger partial charge in [-0.25, -0.2) is 4.79 Å². The summed E-state index contributed by atoms with van der Waals surface area (Å²) in [5, 5.41) is 0.551. The van der Waals surface area contributed by atoms with Gasteiger partial charge >= 0.3 is 6.09 Å². The number of hydrogen-bond donors (Lipinski definition) is 0. The van der Waals surface area contributed by atoms with E-state index in [2.05, 4.69) is 38.5 Å². The molecule has 0 aliphatic heterocycles. The Kier molecular flexibility index (Phi) is 6.02. The second kappa shape index (κ2) is 6.80. The van der Waals surface area contributed by atoms with Gasteiger partial charge in [-0.3, -0.25) is 0 Å². The number of hydrogen-bond acceptors (Lipinski definition) is 2. The summed E-state index contributed by atoms with van der Waals surface area (Å²) in [7, 11) is 0. The fraction of sp³-hybridized carbons (Fsp3) is 0.364. The SMILES string of the molecule is CCN(CC)C(=O)Oc1ccc(Br)c(Cl)c1I. The van der Waals surface area contributed by atoms with Gasteiger partial charge in [-0.2, -0.15) is 0 Å². The Morgan fingerprint density at radius 2 is 2.06 bits per heavy atom. The molecule has 1 amide bonds. The number of ether oxygens (including phenoxy) is 1. The molecule has 1 aromatic carbocycles. The smallest absolute Gasteiger partial charge is 0.409 e. The van der Waals surface area contributed by atoms with E-state index in [1.807, 2.05) is 13.8 Å². The van der Waals surface area contributed by atoms with Gasteiger partial charge in [-0.1, -0.05) is 11.6 Å². The first kappa shape index (κ1) is 15.0. The molecular formula is C11H12BrClINO2. The molecule has 0 bridgehead atoms. The molecule has 0 spiro atoms. The average molecular weight is 432 g/mol. The lowest BCUT2D eigenvalue weighted by Gasteiger charge is -2.18. The fourth-order valence-corrected chi connectivity index (χ4v) is 2.67. The van der Waals surface area contributed by atoms with Crippen molar-refractivity contribution in [2.24, 2.45) is 0 Å². The lowest BCUT2D eigenvalue weighted by atomic mass is 10.3. The second-order valence-electron chi connectivity index (χ2n) is 3.21. The fourth-order valence-electron chi connectivity index (χ4n) is 1.23. The topological polar surface area (TPSA) is 29.5 Å². The van der Waals surface area contributed by atoms with Gasteiger partial charge in [-0.15, -0.1) is 0 Å². The zero-order valence-electron chi connectivity index (χ0n) is 9.47. The summed E-state index contributed by atoms with van der Waals surface area (Å²) >= 11 is 11.4. The highest BCUT2D eigenvalue weighted by atomic mass is 127. The summed E-state index contributed by atoms with van der Waals surface area (Å²) < 4.78 is 6.80. The van der Waals surface area contributed by atoms with E-state index in [1.54, 1.807) is 17.0 Å². The van der Waals surface area contributed by atoms with Crippen molar-refractivity contribution < 1.29 is 9.53 Å². The van der Waals surface area contributed by atoms with Crippen LogP contribution in [0.4, 0.5) is 4.79 Å². The summed E-state index contributed by atoms with van der Waals surface area (Å²) in [5.74, 6) is 0.482. The Morgan fingerprint density at radius 1 is 1.47 bits per heavy atom. The Hall–Kier alpha value is -0.0100. The van der Waals surface area contributed by atoms with Crippen molar-refractivity contribution in [1.29, 1.82) is 0 Å².